The standard InChI is InChI=1S/C16H18N2O5/c1-23-13-5-4-10(16(21)22)7-11(13)8-17-9-14(19)18-6-2-3-12(18)15(17)20/h4-5,7,12H,2-3,6,8-9H2,1H3,(H,21,22). The van der Waals surface area contributed by atoms with Gasteiger partial charge in [-0.2, -0.15) is 0 Å². The minimum Gasteiger partial charge on any atom is -0.496 e. The van der Waals surface area contributed by atoms with Gasteiger partial charge in [-0.05, 0) is 31.0 Å². The molecule has 0 saturated carbocycles. The molecule has 23 heavy (non-hydrogen) atoms. The highest BCUT2D eigenvalue weighted by Crippen LogP contribution is 2.27. The van der Waals surface area contributed by atoms with Crippen molar-refractivity contribution in [3.8, 4) is 5.75 Å². The second kappa shape index (κ2) is 5.91. The lowest BCUT2D eigenvalue weighted by Gasteiger charge is -2.36. The highest BCUT2D eigenvalue weighted by Gasteiger charge is 2.41. The number of hydrogen-bond donors (Lipinski definition) is 1. The van der Waals surface area contributed by atoms with Crippen molar-refractivity contribution in [2.45, 2.75) is 25.4 Å². The zero-order valence-corrected chi connectivity index (χ0v) is 12.8. The normalized spacial score (nSPS) is 20.7. The average Bonchev–Trinajstić information content (AvgIpc) is 3.02. The Bertz CT molecular complexity index is 672. The smallest absolute Gasteiger partial charge is 0.335 e. The highest BCUT2D eigenvalue weighted by atomic mass is 16.5. The van der Waals surface area contributed by atoms with Crippen LogP contribution >= 0.6 is 0 Å². The van der Waals surface area contributed by atoms with E-state index in [0.717, 1.165) is 6.42 Å². The molecular weight excluding hydrogens is 300 g/mol. The van der Waals surface area contributed by atoms with Crippen LogP contribution in [0.4, 0.5) is 0 Å². The lowest BCUT2D eigenvalue weighted by molar-refractivity contribution is -0.154. The van der Waals surface area contributed by atoms with E-state index in [1.165, 1.54) is 24.1 Å². The monoisotopic (exact) mass is 318 g/mol. The number of piperazine rings is 1. The Morgan fingerprint density at radius 3 is 2.87 bits per heavy atom. The first-order valence-electron chi connectivity index (χ1n) is 7.49. The van der Waals surface area contributed by atoms with Crippen molar-refractivity contribution in [2.75, 3.05) is 20.2 Å². The van der Waals surface area contributed by atoms with Gasteiger partial charge in [0, 0.05) is 18.7 Å². The molecule has 7 nitrogen and oxygen atoms in total. The number of hydrogen-bond acceptors (Lipinski definition) is 4. The zero-order valence-electron chi connectivity index (χ0n) is 12.8. The number of carboxylic acids is 1. The van der Waals surface area contributed by atoms with Crippen LogP contribution in [0.15, 0.2) is 18.2 Å². The Morgan fingerprint density at radius 1 is 1.39 bits per heavy atom. The molecule has 2 fully saturated rings. The lowest BCUT2D eigenvalue weighted by Crippen LogP contribution is -2.56. The Morgan fingerprint density at radius 2 is 2.17 bits per heavy atom. The predicted molar refractivity (Wildman–Crippen MR) is 80.1 cm³/mol. The quantitative estimate of drug-likeness (QED) is 0.884. The van der Waals surface area contributed by atoms with E-state index in [4.69, 9.17) is 9.84 Å². The molecule has 2 saturated heterocycles. The molecule has 2 aliphatic rings. The van der Waals surface area contributed by atoms with Crippen molar-refractivity contribution in [1.82, 2.24) is 9.80 Å². The van der Waals surface area contributed by atoms with E-state index in [2.05, 4.69) is 0 Å². The van der Waals surface area contributed by atoms with Gasteiger partial charge in [0.1, 0.15) is 18.3 Å². The molecule has 122 valence electrons. The van der Waals surface area contributed by atoms with Gasteiger partial charge in [-0.3, -0.25) is 9.59 Å². The number of fused-ring (bicyclic) bond motifs is 1. The van der Waals surface area contributed by atoms with Crippen LogP contribution in [-0.4, -0.2) is 58.9 Å². The van der Waals surface area contributed by atoms with Gasteiger partial charge in [-0.15, -0.1) is 0 Å². The summed E-state index contributed by atoms with van der Waals surface area (Å²) in [6.45, 7) is 0.829. The summed E-state index contributed by atoms with van der Waals surface area (Å²) in [5.41, 5.74) is 0.707. The summed E-state index contributed by atoms with van der Waals surface area (Å²) in [6.07, 6.45) is 1.53. The first-order valence-corrected chi connectivity index (χ1v) is 7.49. The van der Waals surface area contributed by atoms with Crippen LogP contribution in [0.1, 0.15) is 28.8 Å². The third-order valence-corrected chi connectivity index (χ3v) is 4.38. The highest BCUT2D eigenvalue weighted by molar-refractivity contribution is 5.95. The fourth-order valence-electron chi connectivity index (χ4n) is 3.24. The van der Waals surface area contributed by atoms with Gasteiger partial charge in [-0.25, -0.2) is 4.79 Å². The van der Waals surface area contributed by atoms with Crippen LogP contribution in [-0.2, 0) is 16.1 Å². The van der Waals surface area contributed by atoms with Gasteiger partial charge in [-0.1, -0.05) is 0 Å². The minimum absolute atomic E-state index is 0.0236. The van der Waals surface area contributed by atoms with Crippen LogP contribution in [0.5, 0.6) is 5.75 Å². The Balaban J connectivity index is 1.86. The average molecular weight is 318 g/mol. The van der Waals surface area contributed by atoms with Crippen molar-refractivity contribution in [3.63, 3.8) is 0 Å². The third kappa shape index (κ3) is 2.74. The van der Waals surface area contributed by atoms with Crippen LogP contribution in [0, 0.1) is 0 Å². The Hall–Kier alpha value is -2.57. The first-order chi connectivity index (χ1) is 11.0. The second-order valence-corrected chi connectivity index (χ2v) is 5.77. The number of amides is 2. The zero-order chi connectivity index (χ0) is 16.6. The molecule has 1 N–H and O–H groups in total. The molecule has 1 aromatic rings. The number of ether oxygens (including phenoxy) is 1. The number of nitrogens with zero attached hydrogens (tertiary/aromatic N) is 2. The third-order valence-electron chi connectivity index (χ3n) is 4.38. The maximum atomic E-state index is 12.6. The summed E-state index contributed by atoms with van der Waals surface area (Å²) >= 11 is 0. The number of rotatable bonds is 4. The number of carboxylic acid groups (broad SMARTS) is 1. The molecular formula is C16H18N2O5. The van der Waals surface area contributed by atoms with E-state index >= 15 is 0 Å². The van der Waals surface area contributed by atoms with Gasteiger partial charge < -0.3 is 19.6 Å². The van der Waals surface area contributed by atoms with Crippen molar-refractivity contribution < 1.29 is 24.2 Å². The second-order valence-electron chi connectivity index (χ2n) is 5.77. The van der Waals surface area contributed by atoms with Gasteiger partial charge in [0.2, 0.25) is 11.8 Å². The van der Waals surface area contributed by atoms with Crippen molar-refractivity contribution >= 4 is 17.8 Å². The molecule has 1 atom stereocenters. The molecule has 2 amide bonds. The van der Waals surface area contributed by atoms with Crippen LogP contribution in [0.3, 0.4) is 0 Å². The SMILES string of the molecule is COc1ccc(C(=O)O)cc1CN1CC(=O)N2CCCC2C1=O. The van der Waals surface area contributed by atoms with E-state index in [-0.39, 0.29) is 36.5 Å². The predicted octanol–water partition coefficient (Wildman–Crippen LogP) is 0.727. The summed E-state index contributed by atoms with van der Waals surface area (Å²) in [5.74, 6) is -0.675. The maximum Gasteiger partial charge on any atom is 0.335 e. The molecule has 7 heteroatoms. The van der Waals surface area contributed by atoms with Gasteiger partial charge in [0.15, 0.2) is 0 Å². The lowest BCUT2D eigenvalue weighted by atomic mass is 10.1. The summed E-state index contributed by atoms with van der Waals surface area (Å²) < 4.78 is 5.24. The fraction of sp³-hybridized carbons (Fsp3) is 0.438. The van der Waals surface area contributed by atoms with E-state index in [0.29, 0.717) is 24.3 Å². The van der Waals surface area contributed by atoms with Crippen molar-refractivity contribution in [2.24, 2.45) is 0 Å². The number of benzene rings is 1. The number of carbonyl (C=O) groups excluding carboxylic acids is 2. The van der Waals surface area contributed by atoms with E-state index in [1.54, 1.807) is 11.0 Å². The summed E-state index contributed by atoms with van der Waals surface area (Å²) in [4.78, 5) is 39.0. The van der Waals surface area contributed by atoms with Gasteiger partial charge in [0.05, 0.1) is 12.7 Å². The maximum absolute atomic E-state index is 12.6. The van der Waals surface area contributed by atoms with Crippen molar-refractivity contribution in [3.05, 3.63) is 29.3 Å². The molecule has 0 spiro atoms. The van der Waals surface area contributed by atoms with Crippen LogP contribution in [0.2, 0.25) is 0 Å². The fourth-order valence-corrected chi connectivity index (χ4v) is 3.24. The summed E-state index contributed by atoms with van der Waals surface area (Å²) in [7, 11) is 1.49. The summed E-state index contributed by atoms with van der Waals surface area (Å²) in [6, 6.07) is 4.13. The molecule has 1 unspecified atom stereocenters. The molecule has 0 radical (unpaired) electrons. The Kier molecular flexibility index (Phi) is 3.94. The molecule has 0 aliphatic carbocycles. The van der Waals surface area contributed by atoms with Gasteiger partial charge >= 0.3 is 5.97 Å². The van der Waals surface area contributed by atoms with Crippen molar-refractivity contribution in [1.29, 1.82) is 0 Å². The number of aromatic carboxylic acids is 1. The van der Waals surface area contributed by atoms with Crippen LogP contribution in [0.25, 0.3) is 0 Å². The van der Waals surface area contributed by atoms with Gasteiger partial charge in [0.25, 0.3) is 0 Å². The molecule has 0 aromatic heterocycles. The Labute approximate surface area is 133 Å². The van der Waals surface area contributed by atoms with Crippen LogP contribution < -0.4 is 4.74 Å². The topological polar surface area (TPSA) is 87.2 Å². The number of methoxy groups -OCH3 is 1. The first kappa shape index (κ1) is 15.3. The largest absolute Gasteiger partial charge is 0.496 e. The van der Waals surface area contributed by atoms with E-state index in [1.807, 2.05) is 0 Å². The minimum atomic E-state index is -1.04. The molecule has 1 aromatic carbocycles. The number of carbonyl (C=O) groups is 3. The molecule has 2 heterocycles. The summed E-state index contributed by atoms with van der Waals surface area (Å²) in [5, 5.41) is 9.11. The van der Waals surface area contributed by atoms with E-state index in [9.17, 15) is 14.4 Å². The molecule has 3 rings (SSSR count). The molecule has 0 bridgehead atoms. The van der Waals surface area contributed by atoms with E-state index < -0.39 is 5.97 Å². The molecule has 2 aliphatic heterocycles.